The molecule has 0 atom stereocenters. The van der Waals surface area contributed by atoms with Crippen LogP contribution in [0.15, 0.2) is 34.2 Å². The molecule has 0 fully saturated rings. The molecule has 0 bridgehead atoms. The molecule has 0 spiro atoms. The standard InChI is InChI=1S/C8H6N2O2S/c11-8-6-3-5(13-12)1-2-7(6)9-4-10-8/h1-4,12H,(H,9,10,11). The van der Waals surface area contributed by atoms with Crippen LogP contribution in [-0.2, 0) is 0 Å². The van der Waals surface area contributed by atoms with Gasteiger partial charge in [0.2, 0.25) is 0 Å². The van der Waals surface area contributed by atoms with Gasteiger partial charge in [-0.25, -0.2) is 4.98 Å². The van der Waals surface area contributed by atoms with Gasteiger partial charge in [-0.1, -0.05) is 0 Å². The number of hydrogen-bond acceptors (Lipinski definition) is 4. The Kier molecular flexibility index (Phi) is 2.03. The van der Waals surface area contributed by atoms with Crippen LogP contribution in [0.2, 0.25) is 0 Å². The van der Waals surface area contributed by atoms with Gasteiger partial charge in [0.05, 0.1) is 17.2 Å². The van der Waals surface area contributed by atoms with Crippen LogP contribution in [0, 0.1) is 0 Å². The molecule has 2 aromatic rings. The SMILES string of the molecule is O=c1[nH]cnc2ccc(SO)cc12. The van der Waals surface area contributed by atoms with Gasteiger partial charge in [0.15, 0.2) is 0 Å². The lowest BCUT2D eigenvalue weighted by Crippen LogP contribution is -2.05. The molecule has 0 unspecified atom stereocenters. The molecule has 2 N–H and O–H groups in total. The van der Waals surface area contributed by atoms with E-state index in [0.29, 0.717) is 27.8 Å². The first-order valence-corrected chi connectivity index (χ1v) is 4.37. The summed E-state index contributed by atoms with van der Waals surface area (Å²) in [7, 11) is 0. The third kappa shape index (κ3) is 1.43. The second kappa shape index (κ2) is 3.20. The molecule has 0 aliphatic heterocycles. The van der Waals surface area contributed by atoms with Crippen molar-refractivity contribution in [3.05, 3.63) is 34.9 Å². The van der Waals surface area contributed by atoms with Crippen LogP contribution in [0.4, 0.5) is 0 Å². The van der Waals surface area contributed by atoms with Gasteiger partial charge in [0.1, 0.15) is 0 Å². The number of nitrogens with zero attached hydrogens (tertiary/aromatic N) is 1. The average molecular weight is 194 g/mol. The fourth-order valence-electron chi connectivity index (χ4n) is 1.10. The first-order valence-electron chi connectivity index (χ1n) is 3.60. The Labute approximate surface area is 77.8 Å². The van der Waals surface area contributed by atoms with E-state index in [1.54, 1.807) is 18.2 Å². The third-order valence-corrected chi connectivity index (χ3v) is 2.18. The van der Waals surface area contributed by atoms with E-state index in [9.17, 15) is 4.79 Å². The molecule has 0 aliphatic carbocycles. The summed E-state index contributed by atoms with van der Waals surface area (Å²) in [6.45, 7) is 0. The van der Waals surface area contributed by atoms with Crippen molar-refractivity contribution < 1.29 is 4.55 Å². The lowest BCUT2D eigenvalue weighted by Gasteiger charge is -1.96. The monoisotopic (exact) mass is 194 g/mol. The van der Waals surface area contributed by atoms with Gasteiger partial charge in [-0.15, -0.1) is 0 Å². The number of fused-ring (bicyclic) bond motifs is 1. The van der Waals surface area contributed by atoms with Crippen molar-refractivity contribution in [2.24, 2.45) is 0 Å². The summed E-state index contributed by atoms with van der Waals surface area (Å²) in [5.74, 6) is 0. The Bertz CT molecular complexity index is 495. The van der Waals surface area contributed by atoms with E-state index in [1.165, 1.54) is 6.33 Å². The molecule has 1 aromatic heterocycles. The molecule has 0 saturated carbocycles. The van der Waals surface area contributed by atoms with Gasteiger partial charge in [0.25, 0.3) is 5.56 Å². The molecular formula is C8H6N2O2S. The van der Waals surface area contributed by atoms with Crippen molar-refractivity contribution in [1.82, 2.24) is 9.97 Å². The maximum Gasteiger partial charge on any atom is 0.258 e. The summed E-state index contributed by atoms with van der Waals surface area (Å²) in [5.41, 5.74) is 0.433. The highest BCUT2D eigenvalue weighted by atomic mass is 32.2. The van der Waals surface area contributed by atoms with Crippen LogP contribution in [-0.4, -0.2) is 14.5 Å². The molecule has 2 rings (SSSR count). The minimum absolute atomic E-state index is 0.194. The van der Waals surface area contributed by atoms with E-state index in [0.717, 1.165) is 0 Å². The minimum atomic E-state index is -0.194. The van der Waals surface area contributed by atoms with Crippen LogP contribution in [0.25, 0.3) is 10.9 Å². The van der Waals surface area contributed by atoms with Crippen LogP contribution in [0.3, 0.4) is 0 Å². The zero-order valence-electron chi connectivity index (χ0n) is 6.52. The number of hydrogen-bond donors (Lipinski definition) is 2. The quantitative estimate of drug-likeness (QED) is 0.675. The normalized spacial score (nSPS) is 10.5. The zero-order chi connectivity index (χ0) is 9.26. The van der Waals surface area contributed by atoms with E-state index in [4.69, 9.17) is 4.55 Å². The predicted octanol–water partition coefficient (Wildman–Crippen LogP) is 1.49. The highest BCUT2D eigenvalue weighted by molar-refractivity contribution is 7.93. The molecule has 1 heterocycles. The summed E-state index contributed by atoms with van der Waals surface area (Å²) in [6.07, 6.45) is 1.36. The topological polar surface area (TPSA) is 66.0 Å². The van der Waals surface area contributed by atoms with Crippen LogP contribution in [0.1, 0.15) is 0 Å². The fourth-order valence-corrected chi connectivity index (χ4v) is 1.40. The molecule has 0 radical (unpaired) electrons. The number of rotatable bonds is 1. The summed E-state index contributed by atoms with van der Waals surface area (Å²) >= 11 is 0.612. The molecule has 66 valence electrons. The number of H-pyrrole nitrogens is 1. The third-order valence-electron chi connectivity index (χ3n) is 1.72. The van der Waals surface area contributed by atoms with Gasteiger partial charge in [0, 0.05) is 16.9 Å². The predicted molar refractivity (Wildman–Crippen MR) is 50.8 cm³/mol. The lowest BCUT2D eigenvalue weighted by molar-refractivity contribution is 0.664. The molecule has 13 heavy (non-hydrogen) atoms. The molecule has 4 nitrogen and oxygen atoms in total. The van der Waals surface area contributed by atoms with Gasteiger partial charge in [-0.3, -0.25) is 4.79 Å². The molecule has 0 amide bonds. The van der Waals surface area contributed by atoms with Gasteiger partial charge >= 0.3 is 0 Å². The lowest BCUT2D eigenvalue weighted by atomic mass is 10.2. The minimum Gasteiger partial charge on any atom is -0.325 e. The largest absolute Gasteiger partial charge is 0.325 e. The first kappa shape index (κ1) is 8.28. The highest BCUT2D eigenvalue weighted by Gasteiger charge is 2.00. The summed E-state index contributed by atoms with van der Waals surface area (Å²) in [4.78, 5) is 18.3. The Hall–Kier alpha value is -1.33. The van der Waals surface area contributed by atoms with Gasteiger partial charge in [-0.05, 0) is 18.2 Å². The Balaban J connectivity index is 2.82. The van der Waals surface area contributed by atoms with Crippen molar-refractivity contribution in [2.75, 3.05) is 0 Å². The van der Waals surface area contributed by atoms with Crippen molar-refractivity contribution in [2.45, 2.75) is 4.90 Å². The molecule has 1 aromatic carbocycles. The van der Waals surface area contributed by atoms with E-state index in [2.05, 4.69) is 9.97 Å². The Morgan fingerprint density at radius 2 is 2.31 bits per heavy atom. The number of nitrogens with one attached hydrogen (secondary N) is 1. The summed E-state index contributed by atoms with van der Waals surface area (Å²) < 4.78 is 8.77. The average Bonchev–Trinajstić information content (AvgIpc) is 2.18. The second-order valence-electron chi connectivity index (χ2n) is 2.50. The van der Waals surface area contributed by atoms with Crippen LogP contribution >= 0.6 is 12.0 Å². The van der Waals surface area contributed by atoms with Crippen molar-refractivity contribution in [3.63, 3.8) is 0 Å². The molecule has 5 heteroatoms. The zero-order valence-corrected chi connectivity index (χ0v) is 7.34. The maximum absolute atomic E-state index is 11.3. The van der Waals surface area contributed by atoms with Crippen molar-refractivity contribution >= 4 is 22.9 Å². The number of aromatic nitrogens is 2. The number of benzene rings is 1. The van der Waals surface area contributed by atoms with Crippen LogP contribution < -0.4 is 5.56 Å². The second-order valence-corrected chi connectivity index (χ2v) is 3.16. The Morgan fingerprint density at radius 3 is 3.08 bits per heavy atom. The van der Waals surface area contributed by atoms with E-state index >= 15 is 0 Å². The molecule has 0 aliphatic rings. The van der Waals surface area contributed by atoms with Crippen LogP contribution in [0.5, 0.6) is 0 Å². The summed E-state index contributed by atoms with van der Waals surface area (Å²) in [6, 6.07) is 5.01. The summed E-state index contributed by atoms with van der Waals surface area (Å²) in [5, 5.41) is 0.488. The smallest absolute Gasteiger partial charge is 0.258 e. The highest BCUT2D eigenvalue weighted by Crippen LogP contribution is 2.17. The van der Waals surface area contributed by atoms with Gasteiger partial charge in [-0.2, -0.15) is 0 Å². The van der Waals surface area contributed by atoms with Gasteiger partial charge < -0.3 is 9.54 Å². The maximum atomic E-state index is 11.3. The van der Waals surface area contributed by atoms with Crippen molar-refractivity contribution in [1.29, 1.82) is 0 Å². The number of aromatic amines is 1. The fraction of sp³-hybridized carbons (Fsp3) is 0. The van der Waals surface area contributed by atoms with E-state index in [1.807, 2.05) is 0 Å². The van der Waals surface area contributed by atoms with E-state index in [-0.39, 0.29) is 5.56 Å². The Morgan fingerprint density at radius 1 is 1.46 bits per heavy atom. The first-order chi connectivity index (χ1) is 6.31. The van der Waals surface area contributed by atoms with E-state index < -0.39 is 0 Å². The molecular weight excluding hydrogens is 188 g/mol. The van der Waals surface area contributed by atoms with Crippen molar-refractivity contribution in [3.8, 4) is 0 Å². The molecule has 0 saturated heterocycles.